The van der Waals surface area contributed by atoms with Crippen LogP contribution in [0.25, 0.3) is 0 Å². The van der Waals surface area contributed by atoms with Crippen LogP contribution in [-0.4, -0.2) is 36.7 Å². The molecular weight excluding hydrogens is 479 g/mol. The van der Waals surface area contributed by atoms with E-state index in [0.717, 1.165) is 36.7 Å². The van der Waals surface area contributed by atoms with Crippen LogP contribution in [0, 0.1) is 0 Å². The molecule has 1 aromatic carbocycles. The molecule has 1 aliphatic rings. The fraction of sp³-hybridized carbons (Fsp3) is 0.364. The lowest BCUT2D eigenvalue weighted by atomic mass is 10.2. The molecule has 0 aliphatic heterocycles. The van der Waals surface area contributed by atoms with E-state index in [2.05, 4.69) is 39.7 Å². The van der Waals surface area contributed by atoms with Crippen molar-refractivity contribution in [3.8, 4) is 11.6 Å². The van der Waals surface area contributed by atoms with Crippen LogP contribution in [0.3, 0.4) is 0 Å². The maximum atomic E-state index is 5.63. The number of guanidine groups is 1. The molecule has 156 valence electrons. The first-order chi connectivity index (χ1) is 13.8. The number of aromatic nitrogens is 1. The Morgan fingerprint density at radius 3 is 2.52 bits per heavy atom. The summed E-state index contributed by atoms with van der Waals surface area (Å²) in [5.74, 6) is 2.27. The predicted octanol–water partition coefficient (Wildman–Crippen LogP) is 3.93. The molecule has 6 nitrogen and oxygen atoms in total. The highest BCUT2D eigenvalue weighted by Gasteiger charge is 2.11. The van der Waals surface area contributed by atoms with Gasteiger partial charge in [-0.15, -0.1) is 24.0 Å². The normalized spacial score (nSPS) is 13.6. The molecule has 0 saturated heterocycles. The highest BCUT2D eigenvalue weighted by atomic mass is 127. The largest absolute Gasteiger partial charge is 0.490 e. The zero-order valence-electron chi connectivity index (χ0n) is 16.7. The number of nitrogens with one attached hydrogen (secondary N) is 2. The average Bonchev–Trinajstić information content (AvgIpc) is 3.24. The Morgan fingerprint density at radius 1 is 1.07 bits per heavy atom. The molecule has 3 rings (SSSR count). The highest BCUT2D eigenvalue weighted by Crippen LogP contribution is 2.11. The predicted molar refractivity (Wildman–Crippen MR) is 127 cm³/mol. The van der Waals surface area contributed by atoms with Crippen LogP contribution in [0.15, 0.2) is 65.8 Å². The van der Waals surface area contributed by atoms with Crippen molar-refractivity contribution in [2.24, 2.45) is 4.99 Å². The van der Waals surface area contributed by atoms with E-state index in [4.69, 9.17) is 9.47 Å². The molecule has 0 atom stereocenters. The summed E-state index contributed by atoms with van der Waals surface area (Å²) in [5.41, 5.74) is 1.04. The van der Waals surface area contributed by atoms with Crippen molar-refractivity contribution < 1.29 is 9.47 Å². The molecule has 29 heavy (non-hydrogen) atoms. The van der Waals surface area contributed by atoms with Crippen molar-refractivity contribution >= 4 is 29.9 Å². The minimum absolute atomic E-state index is 0. The van der Waals surface area contributed by atoms with Gasteiger partial charge in [0.25, 0.3) is 0 Å². The molecule has 0 amide bonds. The molecule has 0 saturated carbocycles. The standard InChI is InChI=1S/C22H28N4O2.HI/c1-2-23-22(26-19-8-6-7-9-19)25-17-18-12-13-21(24-16-18)28-15-14-27-20-10-4-3-5-11-20;/h3-7,10-13,16,19H,2,8-9,14-15,17H2,1H3,(H2,23,25,26);1H. The minimum Gasteiger partial charge on any atom is -0.490 e. The summed E-state index contributed by atoms with van der Waals surface area (Å²) in [6.07, 6.45) is 8.30. The van der Waals surface area contributed by atoms with Gasteiger partial charge in [0.05, 0.1) is 6.54 Å². The number of rotatable bonds is 9. The number of para-hydroxylation sites is 1. The van der Waals surface area contributed by atoms with E-state index in [0.29, 0.717) is 31.7 Å². The second kappa shape index (κ2) is 13.0. The average molecular weight is 508 g/mol. The first-order valence-corrected chi connectivity index (χ1v) is 9.79. The van der Waals surface area contributed by atoms with E-state index in [-0.39, 0.29) is 24.0 Å². The lowest BCUT2D eigenvalue weighted by Gasteiger charge is -2.16. The maximum Gasteiger partial charge on any atom is 0.213 e. The lowest BCUT2D eigenvalue weighted by molar-refractivity contribution is 0.212. The zero-order valence-corrected chi connectivity index (χ0v) is 19.0. The van der Waals surface area contributed by atoms with Crippen molar-refractivity contribution in [3.05, 3.63) is 66.4 Å². The topological polar surface area (TPSA) is 67.8 Å². The fourth-order valence-corrected chi connectivity index (χ4v) is 2.83. The van der Waals surface area contributed by atoms with Crippen LogP contribution < -0.4 is 20.1 Å². The van der Waals surface area contributed by atoms with E-state index in [1.807, 2.05) is 42.5 Å². The molecule has 2 aromatic rings. The quantitative estimate of drug-likeness (QED) is 0.177. The van der Waals surface area contributed by atoms with Gasteiger partial charge in [-0.2, -0.15) is 0 Å². The summed E-state index contributed by atoms with van der Waals surface area (Å²) in [7, 11) is 0. The summed E-state index contributed by atoms with van der Waals surface area (Å²) in [5, 5.41) is 6.75. The van der Waals surface area contributed by atoms with Crippen LogP contribution in [0.4, 0.5) is 0 Å². The SMILES string of the molecule is CCNC(=NCc1ccc(OCCOc2ccccc2)nc1)NC1CC=CC1.I. The highest BCUT2D eigenvalue weighted by molar-refractivity contribution is 14.0. The Hall–Kier alpha value is -2.29. The second-order valence-corrected chi connectivity index (χ2v) is 6.49. The Balaban J connectivity index is 0.00000300. The number of hydrogen-bond donors (Lipinski definition) is 2. The summed E-state index contributed by atoms with van der Waals surface area (Å²) < 4.78 is 11.2. The van der Waals surface area contributed by atoms with Gasteiger partial charge in [0.15, 0.2) is 5.96 Å². The summed E-state index contributed by atoms with van der Waals surface area (Å²) in [6.45, 7) is 4.40. The Bertz CT molecular complexity index is 758. The number of ether oxygens (including phenoxy) is 2. The lowest BCUT2D eigenvalue weighted by Crippen LogP contribution is -2.42. The van der Waals surface area contributed by atoms with Gasteiger partial charge in [-0.25, -0.2) is 9.98 Å². The molecular formula is C22H29IN4O2. The smallest absolute Gasteiger partial charge is 0.213 e. The Morgan fingerprint density at radius 2 is 1.83 bits per heavy atom. The van der Waals surface area contributed by atoms with Crippen molar-refractivity contribution in [2.75, 3.05) is 19.8 Å². The Kier molecular flexibility index (Phi) is 10.3. The van der Waals surface area contributed by atoms with Gasteiger partial charge in [-0.3, -0.25) is 0 Å². The fourth-order valence-electron chi connectivity index (χ4n) is 2.83. The number of hydrogen-bond acceptors (Lipinski definition) is 4. The zero-order chi connectivity index (χ0) is 19.4. The van der Waals surface area contributed by atoms with Crippen LogP contribution in [-0.2, 0) is 6.54 Å². The maximum absolute atomic E-state index is 5.63. The van der Waals surface area contributed by atoms with Gasteiger partial charge >= 0.3 is 0 Å². The van der Waals surface area contributed by atoms with E-state index in [9.17, 15) is 0 Å². The third kappa shape index (κ3) is 8.31. The van der Waals surface area contributed by atoms with Crippen molar-refractivity contribution in [2.45, 2.75) is 32.4 Å². The molecule has 0 fully saturated rings. The molecule has 0 radical (unpaired) electrons. The number of benzene rings is 1. The van der Waals surface area contributed by atoms with E-state index in [1.165, 1.54) is 0 Å². The molecule has 1 aliphatic carbocycles. The van der Waals surface area contributed by atoms with E-state index in [1.54, 1.807) is 6.20 Å². The Labute approximate surface area is 189 Å². The molecule has 7 heteroatoms. The number of halogens is 1. The van der Waals surface area contributed by atoms with Gasteiger partial charge < -0.3 is 20.1 Å². The monoisotopic (exact) mass is 508 g/mol. The number of aliphatic imine (C=N–C) groups is 1. The third-order valence-corrected chi connectivity index (χ3v) is 4.26. The number of nitrogens with zero attached hydrogens (tertiary/aromatic N) is 2. The molecule has 0 bridgehead atoms. The third-order valence-electron chi connectivity index (χ3n) is 4.26. The van der Waals surface area contributed by atoms with Gasteiger partial charge in [-0.05, 0) is 37.5 Å². The van der Waals surface area contributed by atoms with Crippen molar-refractivity contribution in [3.63, 3.8) is 0 Å². The van der Waals surface area contributed by atoms with Crippen LogP contribution in [0.5, 0.6) is 11.6 Å². The first kappa shape index (κ1) is 23.0. The summed E-state index contributed by atoms with van der Waals surface area (Å²) in [4.78, 5) is 9.00. The first-order valence-electron chi connectivity index (χ1n) is 9.79. The van der Waals surface area contributed by atoms with E-state index >= 15 is 0 Å². The van der Waals surface area contributed by atoms with Gasteiger partial charge in [-0.1, -0.05) is 36.4 Å². The molecule has 0 unspecified atom stereocenters. The van der Waals surface area contributed by atoms with Gasteiger partial charge in [0, 0.05) is 24.8 Å². The van der Waals surface area contributed by atoms with Crippen LogP contribution >= 0.6 is 24.0 Å². The van der Waals surface area contributed by atoms with Gasteiger partial charge in [0.2, 0.25) is 5.88 Å². The minimum atomic E-state index is 0. The van der Waals surface area contributed by atoms with E-state index < -0.39 is 0 Å². The summed E-state index contributed by atoms with van der Waals surface area (Å²) in [6, 6.07) is 14.0. The van der Waals surface area contributed by atoms with Crippen molar-refractivity contribution in [1.29, 1.82) is 0 Å². The molecule has 1 aromatic heterocycles. The number of pyridine rings is 1. The van der Waals surface area contributed by atoms with Crippen molar-refractivity contribution in [1.82, 2.24) is 15.6 Å². The van der Waals surface area contributed by atoms with Crippen LogP contribution in [0.2, 0.25) is 0 Å². The molecule has 0 spiro atoms. The summed E-state index contributed by atoms with van der Waals surface area (Å²) >= 11 is 0. The van der Waals surface area contributed by atoms with Crippen LogP contribution in [0.1, 0.15) is 25.3 Å². The molecule has 2 N–H and O–H groups in total. The molecule has 1 heterocycles. The second-order valence-electron chi connectivity index (χ2n) is 6.49. The van der Waals surface area contributed by atoms with Gasteiger partial charge in [0.1, 0.15) is 19.0 Å².